The van der Waals surface area contributed by atoms with Gasteiger partial charge in [0, 0.05) is 28.7 Å². The first-order chi connectivity index (χ1) is 16.3. The predicted molar refractivity (Wildman–Crippen MR) is 130 cm³/mol. The van der Waals surface area contributed by atoms with E-state index in [-0.39, 0.29) is 17.1 Å². The average Bonchev–Trinajstić information content (AvgIpc) is 3.09. The molecule has 0 bridgehead atoms. The van der Waals surface area contributed by atoms with Crippen molar-refractivity contribution < 1.29 is 29.0 Å². The zero-order chi connectivity index (χ0) is 24.4. The topological polar surface area (TPSA) is 93.1 Å². The first kappa shape index (κ1) is 23.3. The van der Waals surface area contributed by atoms with E-state index in [4.69, 9.17) is 9.47 Å². The summed E-state index contributed by atoms with van der Waals surface area (Å²) in [5, 5.41) is 11.2. The Balaban J connectivity index is 1.94. The molecule has 1 atom stereocenters. The van der Waals surface area contributed by atoms with E-state index in [0.29, 0.717) is 22.6 Å². The smallest absolute Gasteiger partial charge is 0.308 e. The molecular weight excluding hydrogens is 502 g/mol. The van der Waals surface area contributed by atoms with Crippen LogP contribution in [0.5, 0.6) is 11.5 Å². The highest BCUT2D eigenvalue weighted by Gasteiger charge is 2.47. The summed E-state index contributed by atoms with van der Waals surface area (Å²) in [4.78, 5) is 39.3. The number of aliphatic hydroxyl groups is 1. The van der Waals surface area contributed by atoms with Crippen molar-refractivity contribution >= 4 is 45.0 Å². The van der Waals surface area contributed by atoms with Crippen LogP contribution in [0, 0.1) is 0 Å². The van der Waals surface area contributed by atoms with Gasteiger partial charge in [-0.3, -0.25) is 19.3 Å². The molecule has 8 heteroatoms. The maximum Gasteiger partial charge on any atom is 0.308 e. The molecule has 3 aromatic rings. The molecule has 1 unspecified atom stereocenters. The normalized spacial score (nSPS) is 17.0. The lowest BCUT2D eigenvalue weighted by molar-refractivity contribution is -0.132. The molecule has 4 rings (SSSR count). The Morgan fingerprint density at radius 1 is 0.971 bits per heavy atom. The molecule has 1 heterocycles. The van der Waals surface area contributed by atoms with Gasteiger partial charge in [0.2, 0.25) is 0 Å². The SMILES string of the molecule is COc1cccc(N2C(=O)C(=O)/C(=C(/O)c3ccc(Br)cc3)C2c2cccc(OC(C)=O)c2)c1. The highest BCUT2D eigenvalue weighted by Crippen LogP contribution is 2.43. The molecule has 0 aromatic heterocycles. The number of carbonyl (C=O) groups is 3. The Bertz CT molecular complexity index is 1310. The van der Waals surface area contributed by atoms with Gasteiger partial charge < -0.3 is 14.6 Å². The zero-order valence-corrected chi connectivity index (χ0v) is 19.9. The average molecular weight is 522 g/mol. The lowest BCUT2D eigenvalue weighted by Crippen LogP contribution is -2.29. The molecule has 7 nitrogen and oxygen atoms in total. The monoisotopic (exact) mass is 521 g/mol. The molecule has 1 aliphatic heterocycles. The van der Waals surface area contributed by atoms with Crippen molar-refractivity contribution in [2.75, 3.05) is 12.0 Å². The van der Waals surface area contributed by atoms with E-state index in [0.717, 1.165) is 4.47 Å². The van der Waals surface area contributed by atoms with Crippen LogP contribution in [-0.4, -0.2) is 29.9 Å². The second-order valence-corrected chi connectivity index (χ2v) is 8.46. The number of halogens is 1. The summed E-state index contributed by atoms with van der Waals surface area (Å²) in [5.74, 6) is -1.68. The van der Waals surface area contributed by atoms with Gasteiger partial charge in [-0.1, -0.05) is 46.3 Å². The number of Topliss-reactive ketones (excluding diaryl/α,β-unsaturated/α-hetero) is 1. The fraction of sp³-hybridized carbons (Fsp3) is 0.115. The number of methoxy groups -OCH3 is 1. The zero-order valence-electron chi connectivity index (χ0n) is 18.3. The Morgan fingerprint density at radius 2 is 1.65 bits per heavy atom. The summed E-state index contributed by atoms with van der Waals surface area (Å²) in [7, 11) is 1.50. The van der Waals surface area contributed by atoms with Crippen LogP contribution in [0.1, 0.15) is 24.1 Å². The Hall–Kier alpha value is -3.91. The summed E-state index contributed by atoms with van der Waals surface area (Å²) >= 11 is 3.35. The second kappa shape index (κ2) is 9.52. The van der Waals surface area contributed by atoms with Crippen molar-refractivity contribution in [2.45, 2.75) is 13.0 Å². The van der Waals surface area contributed by atoms with Gasteiger partial charge in [0.1, 0.15) is 17.3 Å². The summed E-state index contributed by atoms with van der Waals surface area (Å²) in [5.41, 5.74) is 1.21. The highest BCUT2D eigenvalue weighted by molar-refractivity contribution is 9.10. The van der Waals surface area contributed by atoms with E-state index in [1.165, 1.54) is 18.9 Å². The number of ether oxygens (including phenoxy) is 2. The molecular formula is C26H20BrNO6. The van der Waals surface area contributed by atoms with E-state index in [9.17, 15) is 19.5 Å². The predicted octanol–water partition coefficient (Wildman–Crippen LogP) is 5.01. The number of amides is 1. The van der Waals surface area contributed by atoms with E-state index in [1.54, 1.807) is 72.8 Å². The summed E-state index contributed by atoms with van der Waals surface area (Å²) in [6.07, 6.45) is 0. The van der Waals surface area contributed by atoms with Gasteiger partial charge in [-0.15, -0.1) is 0 Å². The maximum atomic E-state index is 13.2. The van der Waals surface area contributed by atoms with Crippen molar-refractivity contribution in [3.8, 4) is 11.5 Å². The third kappa shape index (κ3) is 4.45. The number of ketones is 1. The maximum absolute atomic E-state index is 13.2. The summed E-state index contributed by atoms with van der Waals surface area (Å²) < 4.78 is 11.3. The van der Waals surface area contributed by atoms with Crippen LogP contribution in [0.2, 0.25) is 0 Å². The van der Waals surface area contributed by atoms with E-state index in [2.05, 4.69) is 15.9 Å². The molecule has 0 spiro atoms. The van der Waals surface area contributed by atoms with E-state index in [1.807, 2.05) is 0 Å². The highest BCUT2D eigenvalue weighted by atomic mass is 79.9. The molecule has 1 aliphatic rings. The molecule has 1 N–H and O–H groups in total. The molecule has 0 saturated carbocycles. The third-order valence-electron chi connectivity index (χ3n) is 5.33. The first-order valence-corrected chi connectivity index (χ1v) is 11.1. The number of esters is 1. The number of rotatable bonds is 5. The molecule has 1 amide bonds. The van der Waals surface area contributed by atoms with Crippen LogP contribution in [0.25, 0.3) is 5.76 Å². The van der Waals surface area contributed by atoms with E-state index >= 15 is 0 Å². The van der Waals surface area contributed by atoms with Crippen LogP contribution in [0.3, 0.4) is 0 Å². The number of anilines is 1. The van der Waals surface area contributed by atoms with Crippen molar-refractivity contribution in [1.82, 2.24) is 0 Å². The van der Waals surface area contributed by atoms with Gasteiger partial charge in [0.15, 0.2) is 0 Å². The van der Waals surface area contributed by atoms with Gasteiger partial charge >= 0.3 is 5.97 Å². The number of hydrogen-bond acceptors (Lipinski definition) is 6. The first-order valence-electron chi connectivity index (χ1n) is 10.3. The van der Waals surface area contributed by atoms with Gasteiger partial charge in [0.05, 0.1) is 18.7 Å². The number of nitrogens with zero attached hydrogens (tertiary/aromatic N) is 1. The van der Waals surface area contributed by atoms with Crippen LogP contribution < -0.4 is 14.4 Å². The quantitative estimate of drug-likeness (QED) is 0.167. The van der Waals surface area contributed by atoms with Crippen LogP contribution in [0.4, 0.5) is 5.69 Å². The Labute approximate surface area is 204 Å². The van der Waals surface area contributed by atoms with Gasteiger partial charge in [-0.05, 0) is 42.0 Å². The largest absolute Gasteiger partial charge is 0.507 e. The third-order valence-corrected chi connectivity index (χ3v) is 5.86. The molecule has 34 heavy (non-hydrogen) atoms. The van der Waals surface area contributed by atoms with Crippen molar-refractivity contribution in [3.05, 3.63) is 94.0 Å². The Morgan fingerprint density at radius 3 is 2.32 bits per heavy atom. The number of benzene rings is 3. The lowest BCUT2D eigenvalue weighted by atomic mass is 9.95. The van der Waals surface area contributed by atoms with Gasteiger partial charge in [0.25, 0.3) is 11.7 Å². The second-order valence-electron chi connectivity index (χ2n) is 7.54. The van der Waals surface area contributed by atoms with Crippen molar-refractivity contribution in [2.24, 2.45) is 0 Å². The number of hydrogen-bond donors (Lipinski definition) is 1. The van der Waals surface area contributed by atoms with Crippen molar-refractivity contribution in [3.63, 3.8) is 0 Å². The molecule has 0 aliphatic carbocycles. The molecule has 1 fully saturated rings. The number of aliphatic hydroxyl groups excluding tert-OH is 1. The van der Waals surface area contributed by atoms with Crippen LogP contribution >= 0.6 is 15.9 Å². The Kier molecular flexibility index (Phi) is 6.51. The van der Waals surface area contributed by atoms with Crippen LogP contribution in [0.15, 0.2) is 82.8 Å². The van der Waals surface area contributed by atoms with Gasteiger partial charge in [-0.25, -0.2) is 0 Å². The molecule has 3 aromatic carbocycles. The minimum Gasteiger partial charge on any atom is -0.507 e. The molecule has 0 radical (unpaired) electrons. The minimum atomic E-state index is -0.966. The van der Waals surface area contributed by atoms with E-state index < -0.39 is 23.7 Å². The minimum absolute atomic E-state index is 0.0740. The molecule has 1 saturated heterocycles. The fourth-order valence-electron chi connectivity index (χ4n) is 3.85. The number of carbonyl (C=O) groups excluding carboxylic acids is 3. The van der Waals surface area contributed by atoms with Crippen molar-refractivity contribution in [1.29, 1.82) is 0 Å². The summed E-state index contributed by atoms with van der Waals surface area (Å²) in [6, 6.07) is 19.0. The fourth-order valence-corrected chi connectivity index (χ4v) is 4.12. The molecule has 172 valence electrons. The van der Waals surface area contributed by atoms with Crippen LogP contribution in [-0.2, 0) is 14.4 Å². The summed E-state index contributed by atoms with van der Waals surface area (Å²) in [6.45, 7) is 1.28. The lowest BCUT2D eigenvalue weighted by Gasteiger charge is -2.26. The van der Waals surface area contributed by atoms with Gasteiger partial charge in [-0.2, -0.15) is 0 Å². The standard InChI is InChI=1S/C26H20BrNO6/c1-15(29)34-21-8-3-5-17(13-21)23-22(24(30)16-9-11-18(27)12-10-16)25(31)26(32)28(23)19-6-4-7-20(14-19)33-2/h3-14,23,30H,1-2H3/b24-22+.